The second-order valence-corrected chi connectivity index (χ2v) is 9.80. The monoisotopic (exact) mass is 550 g/mol. The number of hydrogen-bond acceptors (Lipinski definition) is 7. The second kappa shape index (κ2) is 12.2. The number of benzene rings is 2. The number of carbonyl (C=O) groups is 2. The Morgan fingerprint density at radius 1 is 1.17 bits per heavy atom. The van der Waals surface area contributed by atoms with Crippen molar-refractivity contribution in [2.45, 2.75) is 38.5 Å². The number of nitro benzene ring substituents is 1. The highest BCUT2D eigenvalue weighted by molar-refractivity contribution is 7.99. The van der Waals surface area contributed by atoms with Gasteiger partial charge in [-0.05, 0) is 37.1 Å². The molecule has 1 heterocycles. The maximum absolute atomic E-state index is 12.9. The zero-order valence-corrected chi connectivity index (χ0v) is 22.0. The van der Waals surface area contributed by atoms with Gasteiger partial charge < -0.3 is 15.2 Å². The topological polar surface area (TPSA) is 132 Å². The normalized spacial score (nSPS) is 11.8. The number of rotatable bonds is 10. The van der Waals surface area contributed by atoms with Gasteiger partial charge in [0, 0.05) is 17.6 Å². The summed E-state index contributed by atoms with van der Waals surface area (Å²) >= 11 is 13.3. The van der Waals surface area contributed by atoms with Crippen molar-refractivity contribution in [1.29, 1.82) is 0 Å². The molecule has 10 nitrogen and oxygen atoms in total. The van der Waals surface area contributed by atoms with Crippen molar-refractivity contribution in [1.82, 2.24) is 20.1 Å². The Kier molecular flexibility index (Phi) is 9.30. The quantitative estimate of drug-likeness (QED) is 0.197. The smallest absolute Gasteiger partial charge is 0.292 e. The molecule has 2 aromatic carbocycles. The number of thioether (sulfide) groups is 1. The van der Waals surface area contributed by atoms with Crippen LogP contribution in [0.25, 0.3) is 0 Å². The Morgan fingerprint density at radius 3 is 2.53 bits per heavy atom. The van der Waals surface area contributed by atoms with E-state index in [1.54, 1.807) is 18.2 Å². The summed E-state index contributed by atoms with van der Waals surface area (Å²) in [6.45, 7) is 6.28. The van der Waals surface area contributed by atoms with Crippen LogP contribution in [-0.4, -0.2) is 37.3 Å². The molecule has 0 bridgehead atoms. The Bertz CT molecular complexity index is 1280. The Balaban J connectivity index is 1.74. The lowest BCUT2D eigenvalue weighted by molar-refractivity contribution is -0.383. The molecular weight excluding hydrogens is 527 g/mol. The Labute approximate surface area is 221 Å². The van der Waals surface area contributed by atoms with Crippen molar-refractivity contribution in [2.24, 2.45) is 5.92 Å². The average Bonchev–Trinajstić information content (AvgIpc) is 3.23. The lowest BCUT2D eigenvalue weighted by Crippen LogP contribution is -2.34. The molecule has 190 valence electrons. The largest absolute Gasteiger partial charge is 0.342 e. The van der Waals surface area contributed by atoms with E-state index in [9.17, 15) is 19.7 Å². The highest BCUT2D eigenvalue weighted by atomic mass is 35.5. The first kappa shape index (κ1) is 27.4. The van der Waals surface area contributed by atoms with Crippen molar-refractivity contribution in [2.75, 3.05) is 11.1 Å². The molecule has 36 heavy (non-hydrogen) atoms. The average molecular weight is 551 g/mol. The van der Waals surface area contributed by atoms with Gasteiger partial charge in [0.05, 0.1) is 27.3 Å². The zero-order chi connectivity index (χ0) is 26.4. The number of hydrogen-bond donors (Lipinski definition) is 2. The summed E-state index contributed by atoms with van der Waals surface area (Å²) in [5, 5.41) is 26.4. The third kappa shape index (κ3) is 6.54. The number of aromatic nitrogens is 3. The first-order valence-corrected chi connectivity index (χ1v) is 12.7. The van der Waals surface area contributed by atoms with Crippen LogP contribution in [0.3, 0.4) is 0 Å². The van der Waals surface area contributed by atoms with E-state index in [2.05, 4.69) is 20.8 Å². The van der Waals surface area contributed by atoms with Gasteiger partial charge in [-0.2, -0.15) is 0 Å². The van der Waals surface area contributed by atoms with Crippen LogP contribution in [0.15, 0.2) is 47.6 Å². The van der Waals surface area contributed by atoms with Gasteiger partial charge in [-0.25, -0.2) is 0 Å². The molecule has 2 N–H and O–H groups in total. The van der Waals surface area contributed by atoms with Crippen LogP contribution in [0, 0.1) is 16.0 Å². The third-order valence-corrected chi connectivity index (χ3v) is 6.69. The minimum atomic E-state index is -0.555. The molecule has 13 heteroatoms. The van der Waals surface area contributed by atoms with E-state index in [0.29, 0.717) is 22.5 Å². The molecule has 0 saturated carbocycles. The van der Waals surface area contributed by atoms with E-state index in [1.807, 2.05) is 25.3 Å². The fraction of sp³-hybridized carbons (Fsp3) is 0.304. The number of para-hydroxylation sites is 2. The highest BCUT2D eigenvalue weighted by Gasteiger charge is 2.27. The molecule has 0 aliphatic heterocycles. The number of nitrogens with zero attached hydrogens (tertiary/aromatic N) is 4. The summed E-state index contributed by atoms with van der Waals surface area (Å²) in [6.07, 6.45) is 0. The second-order valence-electron chi connectivity index (χ2n) is 8.02. The maximum atomic E-state index is 12.9. The molecule has 1 aromatic heterocycles. The minimum absolute atomic E-state index is 0.0331. The van der Waals surface area contributed by atoms with Crippen LogP contribution in [-0.2, 0) is 11.3 Å². The van der Waals surface area contributed by atoms with Crippen LogP contribution in [0.2, 0.25) is 10.0 Å². The summed E-state index contributed by atoms with van der Waals surface area (Å²) < 4.78 is 1.82. The summed E-state index contributed by atoms with van der Waals surface area (Å²) in [4.78, 5) is 36.0. The van der Waals surface area contributed by atoms with Crippen LogP contribution >= 0.6 is 35.0 Å². The van der Waals surface area contributed by atoms with Gasteiger partial charge in [0.2, 0.25) is 5.91 Å². The first-order chi connectivity index (χ1) is 17.1. The van der Waals surface area contributed by atoms with Crippen molar-refractivity contribution in [3.8, 4) is 0 Å². The summed E-state index contributed by atoms with van der Waals surface area (Å²) in [6, 6.07) is 10.1. The number of nitro groups is 1. The molecule has 0 saturated heterocycles. The van der Waals surface area contributed by atoms with Crippen molar-refractivity contribution >= 4 is 58.2 Å². The van der Waals surface area contributed by atoms with E-state index >= 15 is 0 Å². The molecule has 1 atom stereocenters. The first-order valence-electron chi connectivity index (χ1n) is 11.0. The standard InChI is InChI=1S/C23H24Cl2N6O4S/c1-4-30-21(20(13(2)3)27-22(33)15-10-9-14(24)11-16(15)25)28-29-23(30)36-12-19(32)26-17-7-5-6-8-18(17)31(34)35/h5-11,13,20H,4,12H2,1-3H3,(H,26,32)(H,27,33)/t20-/m0/s1. The van der Waals surface area contributed by atoms with Crippen LogP contribution in [0.4, 0.5) is 11.4 Å². The molecule has 3 aromatic rings. The highest BCUT2D eigenvalue weighted by Crippen LogP contribution is 2.28. The van der Waals surface area contributed by atoms with E-state index in [-0.39, 0.29) is 39.5 Å². The van der Waals surface area contributed by atoms with E-state index in [0.717, 1.165) is 11.8 Å². The molecule has 3 rings (SSSR count). The van der Waals surface area contributed by atoms with Gasteiger partial charge in [-0.15, -0.1) is 10.2 Å². The molecule has 0 radical (unpaired) electrons. The molecule has 0 spiro atoms. The SMILES string of the molecule is CCn1c(SCC(=O)Nc2ccccc2[N+](=O)[O-])nnc1[C@@H](NC(=O)c1ccc(Cl)cc1Cl)C(C)C. The van der Waals surface area contributed by atoms with Crippen molar-refractivity contribution in [3.63, 3.8) is 0 Å². The molecule has 0 fully saturated rings. The Hall–Kier alpha value is -3.15. The minimum Gasteiger partial charge on any atom is -0.342 e. The maximum Gasteiger partial charge on any atom is 0.292 e. The number of carbonyl (C=O) groups excluding carboxylic acids is 2. The number of anilines is 1. The van der Waals surface area contributed by atoms with Gasteiger partial charge in [-0.1, -0.05) is 60.9 Å². The fourth-order valence-electron chi connectivity index (χ4n) is 3.41. The summed E-state index contributed by atoms with van der Waals surface area (Å²) in [7, 11) is 0. The van der Waals surface area contributed by atoms with E-state index < -0.39 is 16.9 Å². The van der Waals surface area contributed by atoms with Gasteiger partial charge >= 0.3 is 0 Å². The molecule has 0 aliphatic rings. The van der Waals surface area contributed by atoms with E-state index in [4.69, 9.17) is 23.2 Å². The summed E-state index contributed by atoms with van der Waals surface area (Å²) in [5.41, 5.74) is 0.218. The van der Waals surface area contributed by atoms with Crippen LogP contribution in [0.1, 0.15) is 43.0 Å². The van der Waals surface area contributed by atoms with Crippen LogP contribution in [0.5, 0.6) is 0 Å². The lowest BCUT2D eigenvalue weighted by atomic mass is 10.0. The summed E-state index contributed by atoms with van der Waals surface area (Å²) in [5.74, 6) is -0.336. The van der Waals surface area contributed by atoms with Crippen molar-refractivity contribution < 1.29 is 14.5 Å². The number of halogens is 2. The van der Waals surface area contributed by atoms with Gasteiger partial charge in [0.15, 0.2) is 11.0 Å². The molecular formula is C23H24Cl2N6O4S. The number of nitrogens with one attached hydrogen (secondary N) is 2. The van der Waals surface area contributed by atoms with Crippen LogP contribution < -0.4 is 10.6 Å². The molecule has 0 unspecified atom stereocenters. The predicted octanol–water partition coefficient (Wildman–Crippen LogP) is 5.37. The van der Waals surface area contributed by atoms with Gasteiger partial charge in [0.1, 0.15) is 5.69 Å². The van der Waals surface area contributed by atoms with E-state index in [1.165, 1.54) is 24.3 Å². The molecule has 0 aliphatic carbocycles. The third-order valence-electron chi connectivity index (χ3n) is 5.18. The van der Waals surface area contributed by atoms with Crippen molar-refractivity contribution in [3.05, 3.63) is 74.0 Å². The van der Waals surface area contributed by atoms with Gasteiger partial charge in [0.25, 0.3) is 11.6 Å². The fourth-order valence-corrected chi connectivity index (χ4v) is 4.71. The zero-order valence-electron chi connectivity index (χ0n) is 19.7. The number of amides is 2. The van der Waals surface area contributed by atoms with Gasteiger partial charge in [-0.3, -0.25) is 19.7 Å². The predicted molar refractivity (Wildman–Crippen MR) is 140 cm³/mol. The molecule has 2 amide bonds. The Morgan fingerprint density at radius 2 is 1.89 bits per heavy atom. The lowest BCUT2D eigenvalue weighted by Gasteiger charge is -2.22.